The van der Waals surface area contributed by atoms with Crippen molar-refractivity contribution in [3.63, 3.8) is 0 Å². The summed E-state index contributed by atoms with van der Waals surface area (Å²) >= 11 is 12.2. The lowest BCUT2D eigenvalue weighted by molar-refractivity contribution is 0.498. The lowest BCUT2D eigenvalue weighted by Gasteiger charge is -2.18. The minimum Gasteiger partial charge on any atom is -0.310 e. The summed E-state index contributed by atoms with van der Waals surface area (Å²) in [6.07, 6.45) is 3.16. The van der Waals surface area contributed by atoms with E-state index in [1.54, 1.807) is 0 Å². The minimum atomic E-state index is 0.405. The summed E-state index contributed by atoms with van der Waals surface area (Å²) < 4.78 is 0. The van der Waals surface area contributed by atoms with Gasteiger partial charge in [-0.2, -0.15) is 0 Å². The lowest BCUT2D eigenvalue weighted by Crippen LogP contribution is -2.20. The third-order valence-electron chi connectivity index (χ3n) is 3.61. The van der Waals surface area contributed by atoms with Gasteiger partial charge in [0.15, 0.2) is 0 Å². The number of rotatable bonds is 7. The summed E-state index contributed by atoms with van der Waals surface area (Å²) in [5.74, 6) is 0. The van der Waals surface area contributed by atoms with Crippen LogP contribution in [0.25, 0.3) is 0 Å². The maximum absolute atomic E-state index is 6.22. The molecule has 21 heavy (non-hydrogen) atoms. The number of aryl methyl sites for hydroxylation is 1. The highest BCUT2D eigenvalue weighted by Crippen LogP contribution is 2.24. The summed E-state index contributed by atoms with van der Waals surface area (Å²) in [4.78, 5) is 0. The number of halogens is 2. The van der Waals surface area contributed by atoms with Gasteiger partial charge in [-0.1, -0.05) is 66.5 Å². The van der Waals surface area contributed by atoms with Crippen molar-refractivity contribution < 1.29 is 0 Å². The van der Waals surface area contributed by atoms with E-state index in [1.807, 2.05) is 18.2 Å². The van der Waals surface area contributed by atoms with Crippen LogP contribution in [0.1, 0.15) is 36.9 Å². The van der Waals surface area contributed by atoms with Gasteiger partial charge in [0.05, 0.1) is 0 Å². The molecule has 0 bridgehead atoms. The molecule has 0 amide bonds. The van der Waals surface area contributed by atoms with Gasteiger partial charge in [-0.25, -0.2) is 0 Å². The largest absolute Gasteiger partial charge is 0.310 e. The molecule has 2 aromatic rings. The van der Waals surface area contributed by atoms with Crippen LogP contribution in [0, 0.1) is 0 Å². The molecule has 1 atom stereocenters. The fourth-order valence-electron chi connectivity index (χ4n) is 2.54. The maximum Gasteiger partial charge on any atom is 0.0452 e. The van der Waals surface area contributed by atoms with Crippen molar-refractivity contribution in [2.24, 2.45) is 0 Å². The van der Waals surface area contributed by atoms with Crippen molar-refractivity contribution in [3.05, 3.63) is 69.7 Å². The Morgan fingerprint density at radius 2 is 1.81 bits per heavy atom. The van der Waals surface area contributed by atoms with E-state index in [4.69, 9.17) is 23.2 Å². The van der Waals surface area contributed by atoms with Gasteiger partial charge in [-0.05, 0) is 49.1 Å². The highest BCUT2D eigenvalue weighted by Gasteiger charge is 2.10. The molecule has 0 spiro atoms. The van der Waals surface area contributed by atoms with Gasteiger partial charge >= 0.3 is 0 Å². The molecule has 0 saturated heterocycles. The fraction of sp³-hybridized carbons (Fsp3) is 0.333. The van der Waals surface area contributed by atoms with Crippen LogP contribution < -0.4 is 5.32 Å². The van der Waals surface area contributed by atoms with E-state index in [-0.39, 0.29) is 0 Å². The highest BCUT2D eigenvalue weighted by atomic mass is 35.5. The molecule has 0 heterocycles. The molecular formula is C18H21Cl2N. The molecule has 0 aliphatic heterocycles. The van der Waals surface area contributed by atoms with E-state index in [9.17, 15) is 0 Å². The Morgan fingerprint density at radius 3 is 2.48 bits per heavy atom. The van der Waals surface area contributed by atoms with Crippen LogP contribution in [0.15, 0.2) is 48.5 Å². The molecule has 1 unspecified atom stereocenters. The maximum atomic E-state index is 6.22. The van der Waals surface area contributed by atoms with Crippen molar-refractivity contribution in [2.75, 3.05) is 6.54 Å². The van der Waals surface area contributed by atoms with E-state index in [2.05, 4.69) is 42.6 Å². The predicted octanol–water partition coefficient (Wildman–Crippen LogP) is 5.67. The van der Waals surface area contributed by atoms with Crippen molar-refractivity contribution in [2.45, 2.75) is 32.2 Å². The molecule has 112 valence electrons. The summed E-state index contributed by atoms with van der Waals surface area (Å²) in [6.45, 7) is 3.12. The number of hydrogen-bond donors (Lipinski definition) is 1. The summed E-state index contributed by atoms with van der Waals surface area (Å²) in [5, 5.41) is 5.01. The Balaban J connectivity index is 1.93. The van der Waals surface area contributed by atoms with Gasteiger partial charge in [-0.3, -0.25) is 0 Å². The van der Waals surface area contributed by atoms with Crippen LogP contribution in [0.3, 0.4) is 0 Å². The van der Waals surface area contributed by atoms with Crippen LogP contribution in [0.4, 0.5) is 0 Å². The number of benzene rings is 2. The molecular weight excluding hydrogens is 301 g/mol. The Hall–Kier alpha value is -1.02. The first-order chi connectivity index (χ1) is 10.2. The molecule has 1 nitrogen and oxygen atoms in total. The van der Waals surface area contributed by atoms with Crippen LogP contribution in [-0.4, -0.2) is 6.54 Å². The van der Waals surface area contributed by atoms with E-state index < -0.39 is 0 Å². The van der Waals surface area contributed by atoms with Gasteiger partial charge in [0, 0.05) is 16.1 Å². The van der Waals surface area contributed by atoms with Gasteiger partial charge in [0.2, 0.25) is 0 Å². The molecule has 0 aliphatic carbocycles. The first-order valence-electron chi connectivity index (χ1n) is 7.43. The van der Waals surface area contributed by atoms with Gasteiger partial charge < -0.3 is 5.32 Å². The second-order valence-electron chi connectivity index (χ2n) is 5.15. The second kappa shape index (κ2) is 8.43. The molecule has 0 aliphatic rings. The quantitative estimate of drug-likeness (QED) is 0.693. The highest BCUT2D eigenvalue weighted by molar-refractivity contribution is 6.35. The van der Waals surface area contributed by atoms with E-state index in [1.165, 1.54) is 11.1 Å². The fourth-order valence-corrected chi connectivity index (χ4v) is 3.04. The van der Waals surface area contributed by atoms with E-state index in [0.29, 0.717) is 11.1 Å². The van der Waals surface area contributed by atoms with Crippen molar-refractivity contribution in [1.29, 1.82) is 0 Å². The number of nitrogens with one attached hydrogen (secondary N) is 1. The zero-order valence-corrected chi connectivity index (χ0v) is 13.8. The zero-order chi connectivity index (χ0) is 15.1. The van der Waals surface area contributed by atoms with E-state index >= 15 is 0 Å². The second-order valence-corrected chi connectivity index (χ2v) is 5.99. The van der Waals surface area contributed by atoms with Crippen LogP contribution in [0.2, 0.25) is 10.0 Å². The minimum absolute atomic E-state index is 0.405. The summed E-state index contributed by atoms with van der Waals surface area (Å²) in [6, 6.07) is 16.8. The third-order valence-corrected chi connectivity index (χ3v) is 4.19. The van der Waals surface area contributed by atoms with E-state index in [0.717, 1.165) is 30.8 Å². The van der Waals surface area contributed by atoms with Gasteiger partial charge in [0.25, 0.3) is 0 Å². The van der Waals surface area contributed by atoms with Gasteiger partial charge in [-0.15, -0.1) is 0 Å². The Bertz CT molecular complexity index is 554. The Morgan fingerprint density at radius 1 is 1.05 bits per heavy atom. The molecule has 2 rings (SSSR count). The lowest BCUT2D eigenvalue weighted by atomic mass is 9.99. The van der Waals surface area contributed by atoms with Crippen LogP contribution in [0.5, 0.6) is 0 Å². The topological polar surface area (TPSA) is 12.0 Å². The standard InChI is InChI=1S/C18H21Cl2N/c1-2-21-18(15-7-4-3-5-8-15)10-6-9-14-11-12-16(19)13-17(14)20/h3-5,7-8,11-13,18,21H,2,6,9-10H2,1H3. The van der Waals surface area contributed by atoms with Crippen LogP contribution >= 0.6 is 23.2 Å². The summed E-state index contributed by atoms with van der Waals surface area (Å²) in [7, 11) is 0. The SMILES string of the molecule is CCNC(CCCc1ccc(Cl)cc1Cl)c1ccccc1. The third kappa shape index (κ3) is 5.03. The molecule has 3 heteroatoms. The Labute approximate surface area is 137 Å². The van der Waals surface area contributed by atoms with Crippen molar-refractivity contribution >= 4 is 23.2 Å². The zero-order valence-electron chi connectivity index (χ0n) is 12.3. The summed E-state index contributed by atoms with van der Waals surface area (Å²) in [5.41, 5.74) is 2.52. The van der Waals surface area contributed by atoms with Crippen molar-refractivity contribution in [1.82, 2.24) is 5.32 Å². The first kappa shape index (κ1) is 16.4. The first-order valence-corrected chi connectivity index (χ1v) is 8.18. The average Bonchev–Trinajstić information content (AvgIpc) is 2.49. The Kier molecular flexibility index (Phi) is 6.56. The number of hydrogen-bond acceptors (Lipinski definition) is 1. The molecule has 0 saturated carbocycles. The molecule has 2 aromatic carbocycles. The molecule has 1 N–H and O–H groups in total. The predicted molar refractivity (Wildman–Crippen MR) is 92.3 cm³/mol. The molecule has 0 radical (unpaired) electrons. The normalized spacial score (nSPS) is 12.3. The molecule has 0 fully saturated rings. The van der Waals surface area contributed by atoms with Gasteiger partial charge in [0.1, 0.15) is 0 Å². The average molecular weight is 322 g/mol. The van der Waals surface area contributed by atoms with Crippen molar-refractivity contribution in [3.8, 4) is 0 Å². The monoisotopic (exact) mass is 321 g/mol. The van der Waals surface area contributed by atoms with Crippen LogP contribution in [-0.2, 0) is 6.42 Å². The molecule has 0 aromatic heterocycles. The smallest absolute Gasteiger partial charge is 0.0452 e.